The molecule has 0 saturated heterocycles. The van der Waals surface area contributed by atoms with Gasteiger partial charge in [-0.15, -0.1) is 10.2 Å². The van der Waals surface area contributed by atoms with Gasteiger partial charge in [0.2, 0.25) is 0 Å². The molecule has 0 amide bonds. The normalized spacial score (nSPS) is 11.6. The van der Waals surface area contributed by atoms with Gasteiger partial charge in [-0.1, -0.05) is 91.0 Å². The second-order valence-corrected chi connectivity index (χ2v) is 5.80. The van der Waals surface area contributed by atoms with Crippen molar-refractivity contribution in [2.75, 3.05) is 0 Å². The lowest BCUT2D eigenvalue weighted by Crippen LogP contribution is -2.14. The lowest BCUT2D eigenvalue weighted by molar-refractivity contribution is -0.129. The highest BCUT2D eigenvalue weighted by molar-refractivity contribution is 6.43. The monoisotopic (exact) mass is 367 g/mol. The van der Waals surface area contributed by atoms with Crippen LogP contribution >= 0.6 is 0 Å². The molecule has 0 aromatic heterocycles. The molecule has 0 unspecified atom stereocenters. The van der Waals surface area contributed by atoms with E-state index in [2.05, 4.69) is 16.1 Å². The summed E-state index contributed by atoms with van der Waals surface area (Å²) in [5.74, 6) is 1.25. The second-order valence-electron chi connectivity index (χ2n) is 5.80. The summed E-state index contributed by atoms with van der Waals surface area (Å²) in [6.07, 6.45) is 0. The van der Waals surface area contributed by atoms with E-state index in [1.54, 1.807) is 30.3 Å². The zero-order valence-corrected chi connectivity index (χ0v) is 14.9. The average Bonchev–Trinajstić information content (AvgIpc) is 2.75. The number of carboxylic acid groups (broad SMARTS) is 1. The predicted molar refractivity (Wildman–Crippen MR) is 111 cm³/mol. The van der Waals surface area contributed by atoms with E-state index in [1.807, 2.05) is 60.7 Å². The Morgan fingerprint density at radius 2 is 1.07 bits per heavy atom. The van der Waals surface area contributed by atoms with Crippen molar-refractivity contribution in [2.24, 2.45) is 10.2 Å². The van der Waals surface area contributed by atoms with Crippen molar-refractivity contribution >= 4 is 28.8 Å². The summed E-state index contributed by atoms with van der Waals surface area (Å²) < 4.78 is 0. The number of hydrogen-bond acceptors (Lipinski definition) is 4. The van der Waals surface area contributed by atoms with Crippen LogP contribution in [0.2, 0.25) is 0 Å². The standard InChI is InChI=1S/C23H17N3O2/c24-16-20(17-10-4-1-5-11-17)21(18-12-6-2-7-13-18)25-26-22(23(27)28)19-14-8-3-9-15-19/h1-15,24H,(H,27,28)/b25-21+,26-22-. The van der Waals surface area contributed by atoms with Gasteiger partial charge < -0.3 is 5.11 Å². The molecule has 2 N–H and O–H groups in total. The van der Waals surface area contributed by atoms with Crippen LogP contribution in [-0.2, 0) is 4.79 Å². The van der Waals surface area contributed by atoms with Crippen LogP contribution in [0.3, 0.4) is 0 Å². The van der Waals surface area contributed by atoms with E-state index >= 15 is 0 Å². The molecule has 3 aromatic rings. The first kappa shape index (κ1) is 18.7. The van der Waals surface area contributed by atoms with Crippen LogP contribution in [0.5, 0.6) is 0 Å². The van der Waals surface area contributed by atoms with Gasteiger partial charge in [0.15, 0.2) is 5.71 Å². The van der Waals surface area contributed by atoms with E-state index in [0.717, 1.165) is 5.56 Å². The largest absolute Gasteiger partial charge is 0.476 e. The number of aliphatic carboxylic acids is 1. The molecule has 0 aliphatic carbocycles. The summed E-state index contributed by atoms with van der Waals surface area (Å²) in [4.78, 5) is 11.7. The highest BCUT2D eigenvalue weighted by atomic mass is 16.4. The Hall–Kier alpha value is -4.08. The summed E-state index contributed by atoms with van der Waals surface area (Å²) >= 11 is 0. The van der Waals surface area contributed by atoms with Gasteiger partial charge in [-0.05, 0) is 11.4 Å². The zero-order valence-electron chi connectivity index (χ0n) is 14.9. The molecule has 3 aromatic carbocycles. The van der Waals surface area contributed by atoms with Crippen molar-refractivity contribution in [1.29, 1.82) is 5.41 Å². The van der Waals surface area contributed by atoms with E-state index < -0.39 is 5.97 Å². The third kappa shape index (κ3) is 4.36. The van der Waals surface area contributed by atoms with Crippen LogP contribution in [0.15, 0.2) is 101 Å². The van der Waals surface area contributed by atoms with Crippen molar-refractivity contribution in [3.05, 3.63) is 108 Å². The lowest BCUT2D eigenvalue weighted by Gasteiger charge is -2.08. The maximum atomic E-state index is 11.7. The molecule has 0 saturated carbocycles. The maximum Gasteiger partial charge on any atom is 0.357 e. The summed E-state index contributed by atoms with van der Waals surface area (Å²) in [5, 5.41) is 25.6. The summed E-state index contributed by atoms with van der Waals surface area (Å²) in [7, 11) is 0. The van der Waals surface area contributed by atoms with Crippen LogP contribution in [0.4, 0.5) is 0 Å². The molecule has 3 rings (SSSR count). The van der Waals surface area contributed by atoms with Crippen LogP contribution in [0.1, 0.15) is 16.7 Å². The van der Waals surface area contributed by atoms with Gasteiger partial charge in [0.1, 0.15) is 5.71 Å². The molecule has 5 nitrogen and oxygen atoms in total. The fraction of sp³-hybridized carbons (Fsp3) is 0. The summed E-state index contributed by atoms with van der Waals surface area (Å²) in [6.45, 7) is 0. The van der Waals surface area contributed by atoms with Gasteiger partial charge in [0.05, 0.1) is 5.57 Å². The molecule has 136 valence electrons. The van der Waals surface area contributed by atoms with Crippen molar-refractivity contribution in [3.8, 4) is 0 Å². The third-order valence-corrected chi connectivity index (χ3v) is 3.97. The fourth-order valence-corrected chi connectivity index (χ4v) is 2.64. The zero-order chi connectivity index (χ0) is 19.8. The van der Waals surface area contributed by atoms with Crippen molar-refractivity contribution in [1.82, 2.24) is 0 Å². The molecule has 28 heavy (non-hydrogen) atoms. The maximum absolute atomic E-state index is 11.7. The molecule has 0 aliphatic heterocycles. The van der Waals surface area contributed by atoms with Gasteiger partial charge in [0.25, 0.3) is 0 Å². The minimum Gasteiger partial charge on any atom is -0.476 e. The highest BCUT2D eigenvalue weighted by Gasteiger charge is 2.15. The van der Waals surface area contributed by atoms with Crippen LogP contribution in [0.25, 0.3) is 5.57 Å². The van der Waals surface area contributed by atoms with E-state index in [0.29, 0.717) is 22.4 Å². The average molecular weight is 367 g/mol. The van der Waals surface area contributed by atoms with E-state index in [1.165, 1.54) is 0 Å². The first-order chi connectivity index (χ1) is 13.7. The third-order valence-electron chi connectivity index (χ3n) is 3.97. The Morgan fingerprint density at radius 3 is 1.50 bits per heavy atom. The number of benzene rings is 3. The Balaban J connectivity index is 2.16. The molecule has 0 radical (unpaired) electrons. The number of rotatable bonds is 6. The van der Waals surface area contributed by atoms with Gasteiger partial charge in [0, 0.05) is 11.1 Å². The van der Waals surface area contributed by atoms with E-state index in [-0.39, 0.29) is 5.71 Å². The number of nitrogens with zero attached hydrogens (tertiary/aromatic N) is 2. The highest BCUT2D eigenvalue weighted by Crippen LogP contribution is 2.19. The van der Waals surface area contributed by atoms with Crippen molar-refractivity contribution in [3.63, 3.8) is 0 Å². The number of nitrogens with one attached hydrogen (secondary N) is 1. The number of carbonyl (C=O) groups is 1. The van der Waals surface area contributed by atoms with Gasteiger partial charge in [-0.2, -0.15) is 0 Å². The quantitative estimate of drug-likeness (QED) is 0.503. The molecule has 0 atom stereocenters. The molecule has 0 heterocycles. The van der Waals surface area contributed by atoms with Gasteiger partial charge >= 0.3 is 5.97 Å². The number of allylic oxidation sites excluding steroid dienone is 1. The van der Waals surface area contributed by atoms with Crippen molar-refractivity contribution < 1.29 is 9.90 Å². The Labute approximate surface area is 162 Å². The van der Waals surface area contributed by atoms with Crippen molar-refractivity contribution in [2.45, 2.75) is 0 Å². The summed E-state index contributed by atoms with van der Waals surface area (Å²) in [6, 6.07) is 27.1. The van der Waals surface area contributed by atoms with Crippen LogP contribution in [0, 0.1) is 5.41 Å². The molecular weight excluding hydrogens is 350 g/mol. The molecule has 0 aliphatic rings. The molecule has 0 spiro atoms. The molecule has 0 fully saturated rings. The van der Waals surface area contributed by atoms with E-state index in [4.69, 9.17) is 5.41 Å². The van der Waals surface area contributed by atoms with Gasteiger partial charge in [-0.3, -0.25) is 5.41 Å². The topological polar surface area (TPSA) is 85.9 Å². The first-order valence-corrected chi connectivity index (χ1v) is 8.56. The minimum atomic E-state index is -1.18. The Morgan fingerprint density at radius 1 is 0.679 bits per heavy atom. The molecule has 5 heteroatoms. The predicted octanol–water partition coefficient (Wildman–Crippen LogP) is 4.30. The van der Waals surface area contributed by atoms with Crippen LogP contribution < -0.4 is 0 Å². The van der Waals surface area contributed by atoms with Crippen LogP contribution in [-0.4, -0.2) is 28.4 Å². The minimum absolute atomic E-state index is 0.175. The summed E-state index contributed by atoms with van der Waals surface area (Å²) in [5.41, 5.74) is 2.53. The lowest BCUT2D eigenvalue weighted by atomic mass is 9.97. The first-order valence-electron chi connectivity index (χ1n) is 8.56. The number of hydrogen-bond donors (Lipinski definition) is 2. The van der Waals surface area contributed by atoms with E-state index in [9.17, 15) is 9.90 Å². The molecular formula is C23H17N3O2. The Bertz CT molecular complexity index is 1070. The number of carboxylic acids is 1. The Kier molecular flexibility index (Phi) is 6.03. The smallest absolute Gasteiger partial charge is 0.357 e. The van der Waals surface area contributed by atoms with Gasteiger partial charge in [-0.25, -0.2) is 4.79 Å². The fourth-order valence-electron chi connectivity index (χ4n) is 2.64. The second kappa shape index (κ2) is 9.03. The molecule has 0 bridgehead atoms. The SMILES string of the molecule is N=C=C(/C(=N/N=C(\C(=O)O)c1ccccc1)c1ccccc1)c1ccccc1.